The van der Waals surface area contributed by atoms with E-state index in [1.807, 2.05) is 0 Å². The Hall–Kier alpha value is 0.190. The molecule has 0 aromatic carbocycles. The predicted molar refractivity (Wildman–Crippen MR) is 68.8 cm³/mol. The van der Waals surface area contributed by atoms with Crippen LogP contribution in [0.3, 0.4) is 0 Å². The molecule has 2 heterocycles. The van der Waals surface area contributed by atoms with E-state index in [1.54, 1.807) is 0 Å². The van der Waals surface area contributed by atoms with Gasteiger partial charge in [0.05, 0.1) is 0 Å². The molecule has 0 aliphatic carbocycles. The van der Waals surface area contributed by atoms with Gasteiger partial charge in [-0.1, -0.05) is 0 Å². The molecule has 0 amide bonds. The molecular weight excluding hydrogens is 224 g/mol. The van der Waals surface area contributed by atoms with Crippen molar-refractivity contribution in [3.63, 3.8) is 0 Å². The Bertz CT molecular complexity index is 153. The van der Waals surface area contributed by atoms with E-state index in [0.29, 0.717) is 6.79 Å². The molecule has 96 valence electrons. The molecule has 0 unspecified atom stereocenters. The fourth-order valence-corrected chi connectivity index (χ4v) is 2.22. The predicted octanol–water partition coefficient (Wildman–Crippen LogP) is 1.20. The topological polar surface area (TPSA) is 24.9 Å². The molecular formula is C11H24N2O2S. The highest BCUT2D eigenvalue weighted by atomic mass is 32.1. The number of rotatable bonds is 6. The molecule has 2 fully saturated rings. The summed E-state index contributed by atoms with van der Waals surface area (Å²) >= 11 is 0. The second-order valence-electron chi connectivity index (χ2n) is 4.43. The third kappa shape index (κ3) is 5.01. The van der Waals surface area contributed by atoms with Gasteiger partial charge in [-0.2, -0.15) is 13.5 Å². The molecule has 0 aromatic heterocycles. The van der Waals surface area contributed by atoms with Crippen molar-refractivity contribution in [3.8, 4) is 0 Å². The molecule has 4 nitrogen and oxygen atoms in total. The van der Waals surface area contributed by atoms with E-state index in [9.17, 15) is 0 Å². The fraction of sp³-hybridized carbons (Fsp3) is 1.00. The van der Waals surface area contributed by atoms with Crippen molar-refractivity contribution in [1.82, 2.24) is 9.80 Å². The third-order valence-corrected chi connectivity index (χ3v) is 3.11. The van der Waals surface area contributed by atoms with Crippen molar-refractivity contribution in [3.05, 3.63) is 0 Å². The van der Waals surface area contributed by atoms with E-state index in [-0.39, 0.29) is 13.5 Å². The van der Waals surface area contributed by atoms with Gasteiger partial charge in [-0.05, 0) is 25.7 Å². The standard InChI is InChI=1S/C11H22N2O2.H2S/c1-2-6-12(5-1)9-14-11-15-10-13-7-3-4-8-13;/h1-11H2;1H2. The first-order valence-electron chi connectivity index (χ1n) is 6.05. The maximum atomic E-state index is 5.45. The van der Waals surface area contributed by atoms with Crippen molar-refractivity contribution >= 4 is 13.5 Å². The van der Waals surface area contributed by atoms with Gasteiger partial charge >= 0.3 is 0 Å². The molecule has 2 saturated heterocycles. The quantitative estimate of drug-likeness (QED) is 0.521. The van der Waals surface area contributed by atoms with E-state index in [4.69, 9.17) is 9.47 Å². The van der Waals surface area contributed by atoms with E-state index < -0.39 is 0 Å². The SMILES string of the molecule is C1CCN(COCOCN2CCCC2)C1.S. The summed E-state index contributed by atoms with van der Waals surface area (Å²) in [6, 6.07) is 0. The molecule has 2 rings (SSSR count). The van der Waals surface area contributed by atoms with Crippen molar-refractivity contribution in [2.45, 2.75) is 25.7 Å². The van der Waals surface area contributed by atoms with E-state index in [0.717, 1.165) is 13.5 Å². The summed E-state index contributed by atoms with van der Waals surface area (Å²) in [5.74, 6) is 0. The number of nitrogens with zero attached hydrogens (tertiary/aromatic N) is 2. The zero-order chi connectivity index (χ0) is 10.3. The molecule has 0 radical (unpaired) electrons. The molecule has 16 heavy (non-hydrogen) atoms. The number of hydrogen-bond donors (Lipinski definition) is 0. The molecule has 0 atom stereocenters. The molecule has 2 aliphatic heterocycles. The summed E-state index contributed by atoms with van der Waals surface area (Å²) in [5, 5.41) is 0. The van der Waals surface area contributed by atoms with Crippen LogP contribution in [0.2, 0.25) is 0 Å². The highest BCUT2D eigenvalue weighted by Crippen LogP contribution is 2.07. The highest BCUT2D eigenvalue weighted by molar-refractivity contribution is 7.59. The minimum absolute atomic E-state index is 0. The van der Waals surface area contributed by atoms with Gasteiger partial charge in [-0.3, -0.25) is 9.80 Å². The summed E-state index contributed by atoms with van der Waals surface area (Å²) in [4.78, 5) is 4.67. The van der Waals surface area contributed by atoms with Crippen LogP contribution >= 0.6 is 13.5 Å². The van der Waals surface area contributed by atoms with Gasteiger partial charge in [0.15, 0.2) is 0 Å². The van der Waals surface area contributed by atoms with E-state index >= 15 is 0 Å². The van der Waals surface area contributed by atoms with Crippen LogP contribution in [-0.4, -0.2) is 56.2 Å². The van der Waals surface area contributed by atoms with Crippen LogP contribution in [0.5, 0.6) is 0 Å². The lowest BCUT2D eigenvalue weighted by atomic mass is 10.4. The summed E-state index contributed by atoms with van der Waals surface area (Å²) < 4.78 is 10.9. The zero-order valence-electron chi connectivity index (χ0n) is 9.99. The average molecular weight is 248 g/mol. The Balaban J connectivity index is 0.00000128. The maximum Gasteiger partial charge on any atom is 0.150 e. The van der Waals surface area contributed by atoms with Gasteiger partial charge in [-0.25, -0.2) is 0 Å². The first-order valence-corrected chi connectivity index (χ1v) is 6.05. The van der Waals surface area contributed by atoms with Crippen molar-refractivity contribution < 1.29 is 9.47 Å². The van der Waals surface area contributed by atoms with Crippen LogP contribution in [0.4, 0.5) is 0 Å². The molecule has 0 aromatic rings. The normalized spacial score (nSPS) is 22.5. The number of likely N-dealkylation sites (tertiary alicyclic amines) is 2. The van der Waals surface area contributed by atoms with Crippen LogP contribution in [0.15, 0.2) is 0 Å². The largest absolute Gasteiger partial charge is 0.340 e. The number of hydrogen-bond acceptors (Lipinski definition) is 4. The number of ether oxygens (including phenoxy) is 2. The third-order valence-electron chi connectivity index (χ3n) is 3.11. The second-order valence-corrected chi connectivity index (χ2v) is 4.43. The zero-order valence-corrected chi connectivity index (χ0v) is 11.0. The molecule has 5 heteroatoms. The van der Waals surface area contributed by atoms with Crippen LogP contribution in [0.25, 0.3) is 0 Å². The Kier molecular flexibility index (Phi) is 7.40. The van der Waals surface area contributed by atoms with Gasteiger partial charge in [-0.15, -0.1) is 0 Å². The molecule has 0 spiro atoms. The van der Waals surface area contributed by atoms with Crippen LogP contribution < -0.4 is 0 Å². The second kappa shape index (κ2) is 8.31. The summed E-state index contributed by atoms with van der Waals surface area (Å²) in [6.07, 6.45) is 5.27. The minimum atomic E-state index is 0. The van der Waals surface area contributed by atoms with Crippen LogP contribution in [-0.2, 0) is 9.47 Å². The molecule has 0 N–H and O–H groups in total. The minimum Gasteiger partial charge on any atom is -0.340 e. The summed E-state index contributed by atoms with van der Waals surface area (Å²) in [7, 11) is 0. The first kappa shape index (κ1) is 14.3. The van der Waals surface area contributed by atoms with Gasteiger partial charge in [0.2, 0.25) is 0 Å². The summed E-state index contributed by atoms with van der Waals surface area (Å²) in [5.41, 5.74) is 0. The first-order chi connectivity index (χ1) is 7.45. The monoisotopic (exact) mass is 248 g/mol. The Morgan fingerprint density at radius 1 is 0.688 bits per heavy atom. The van der Waals surface area contributed by atoms with Gasteiger partial charge in [0.25, 0.3) is 0 Å². The average Bonchev–Trinajstić information content (AvgIpc) is 2.88. The van der Waals surface area contributed by atoms with Crippen LogP contribution in [0.1, 0.15) is 25.7 Å². The van der Waals surface area contributed by atoms with Crippen LogP contribution in [0, 0.1) is 0 Å². The molecule has 0 bridgehead atoms. The van der Waals surface area contributed by atoms with Crippen molar-refractivity contribution in [2.75, 3.05) is 46.4 Å². The van der Waals surface area contributed by atoms with Gasteiger partial charge < -0.3 is 9.47 Å². The Morgan fingerprint density at radius 2 is 1.06 bits per heavy atom. The smallest absolute Gasteiger partial charge is 0.150 e. The molecule has 2 aliphatic rings. The van der Waals surface area contributed by atoms with Crippen molar-refractivity contribution in [2.24, 2.45) is 0 Å². The fourth-order valence-electron chi connectivity index (χ4n) is 2.22. The lowest BCUT2D eigenvalue weighted by Gasteiger charge is -2.17. The summed E-state index contributed by atoms with van der Waals surface area (Å²) in [6.45, 7) is 6.66. The lowest BCUT2D eigenvalue weighted by Crippen LogP contribution is -2.26. The van der Waals surface area contributed by atoms with Gasteiger partial charge in [0.1, 0.15) is 20.3 Å². The maximum absolute atomic E-state index is 5.45. The van der Waals surface area contributed by atoms with E-state index in [2.05, 4.69) is 9.80 Å². The van der Waals surface area contributed by atoms with Crippen molar-refractivity contribution in [1.29, 1.82) is 0 Å². The molecule has 0 saturated carbocycles. The van der Waals surface area contributed by atoms with E-state index in [1.165, 1.54) is 51.9 Å². The highest BCUT2D eigenvalue weighted by Gasteiger charge is 2.12. The Labute approximate surface area is 105 Å². The van der Waals surface area contributed by atoms with Gasteiger partial charge in [0, 0.05) is 26.2 Å². The lowest BCUT2D eigenvalue weighted by molar-refractivity contribution is -0.109. The Morgan fingerprint density at radius 3 is 1.44 bits per heavy atom.